The van der Waals surface area contributed by atoms with E-state index in [0.29, 0.717) is 0 Å². The van der Waals surface area contributed by atoms with Crippen molar-refractivity contribution in [1.29, 1.82) is 0 Å². The third kappa shape index (κ3) is 3.92. The van der Waals surface area contributed by atoms with Crippen molar-refractivity contribution in [3.63, 3.8) is 0 Å². The Balaban J connectivity index is 1.92. The first-order chi connectivity index (χ1) is 9.72. The van der Waals surface area contributed by atoms with Gasteiger partial charge < -0.3 is 4.57 Å². The molecular formula is C16H24N4. The highest BCUT2D eigenvalue weighted by Gasteiger charge is 2.11. The Labute approximate surface area is 121 Å². The fourth-order valence-electron chi connectivity index (χ4n) is 2.49. The predicted molar refractivity (Wildman–Crippen MR) is 82.2 cm³/mol. The standard InChI is InChI=1S/C16H24N4/c1-3-20-10-9-18-16(20)12-15(19-17)8-7-14-6-4-5-13(2)11-14/h4-6,9-11,15,19H,3,7-8,12,17H2,1-2H3. The largest absolute Gasteiger partial charge is 0.335 e. The Morgan fingerprint density at radius 2 is 2.25 bits per heavy atom. The summed E-state index contributed by atoms with van der Waals surface area (Å²) < 4.78 is 2.16. The number of rotatable bonds is 7. The Morgan fingerprint density at radius 1 is 1.40 bits per heavy atom. The van der Waals surface area contributed by atoms with Gasteiger partial charge in [0.25, 0.3) is 0 Å². The van der Waals surface area contributed by atoms with Crippen molar-refractivity contribution >= 4 is 0 Å². The van der Waals surface area contributed by atoms with Crippen molar-refractivity contribution in [2.75, 3.05) is 0 Å². The summed E-state index contributed by atoms with van der Waals surface area (Å²) in [4.78, 5) is 4.41. The van der Waals surface area contributed by atoms with Crippen molar-refractivity contribution in [3.8, 4) is 0 Å². The maximum absolute atomic E-state index is 5.69. The van der Waals surface area contributed by atoms with Gasteiger partial charge in [0, 0.05) is 31.4 Å². The monoisotopic (exact) mass is 272 g/mol. The molecule has 3 N–H and O–H groups in total. The van der Waals surface area contributed by atoms with Gasteiger partial charge in [-0.25, -0.2) is 4.98 Å². The molecule has 0 saturated heterocycles. The SMILES string of the molecule is CCn1ccnc1CC(CCc1cccc(C)c1)NN. The maximum atomic E-state index is 5.69. The summed E-state index contributed by atoms with van der Waals surface area (Å²) in [7, 11) is 0. The lowest BCUT2D eigenvalue weighted by atomic mass is 10.0. The van der Waals surface area contributed by atoms with E-state index >= 15 is 0 Å². The molecule has 1 unspecified atom stereocenters. The Kier molecular flexibility index (Phi) is 5.32. The van der Waals surface area contributed by atoms with E-state index in [-0.39, 0.29) is 6.04 Å². The smallest absolute Gasteiger partial charge is 0.110 e. The van der Waals surface area contributed by atoms with E-state index < -0.39 is 0 Å². The van der Waals surface area contributed by atoms with Crippen LogP contribution in [0.15, 0.2) is 36.7 Å². The predicted octanol–water partition coefficient (Wildman–Crippen LogP) is 2.22. The van der Waals surface area contributed by atoms with Crippen LogP contribution < -0.4 is 11.3 Å². The summed E-state index contributed by atoms with van der Waals surface area (Å²) in [6.45, 7) is 5.20. The van der Waals surface area contributed by atoms with Gasteiger partial charge in [0.05, 0.1) is 0 Å². The lowest BCUT2D eigenvalue weighted by Crippen LogP contribution is -2.37. The number of hydrogen-bond acceptors (Lipinski definition) is 3. The first-order valence-electron chi connectivity index (χ1n) is 7.24. The first kappa shape index (κ1) is 14.8. The summed E-state index contributed by atoms with van der Waals surface area (Å²) in [5.41, 5.74) is 5.59. The molecule has 0 saturated carbocycles. The molecule has 2 rings (SSSR count). The average Bonchev–Trinajstić information content (AvgIpc) is 2.90. The van der Waals surface area contributed by atoms with E-state index in [2.05, 4.69) is 53.1 Å². The van der Waals surface area contributed by atoms with E-state index in [1.165, 1.54) is 11.1 Å². The number of nitrogens with one attached hydrogen (secondary N) is 1. The molecule has 2 aromatic rings. The van der Waals surface area contributed by atoms with Crippen molar-refractivity contribution < 1.29 is 0 Å². The van der Waals surface area contributed by atoms with Crippen LogP contribution in [0.4, 0.5) is 0 Å². The minimum absolute atomic E-state index is 0.253. The van der Waals surface area contributed by atoms with Crippen LogP contribution in [0, 0.1) is 6.92 Å². The second kappa shape index (κ2) is 7.22. The third-order valence-corrected chi connectivity index (χ3v) is 3.67. The lowest BCUT2D eigenvalue weighted by molar-refractivity contribution is 0.473. The fraction of sp³-hybridized carbons (Fsp3) is 0.438. The summed E-state index contributed by atoms with van der Waals surface area (Å²) in [5, 5.41) is 0. The highest BCUT2D eigenvalue weighted by molar-refractivity contribution is 5.22. The molecule has 0 spiro atoms. The molecule has 20 heavy (non-hydrogen) atoms. The van der Waals surface area contributed by atoms with Crippen LogP contribution >= 0.6 is 0 Å². The van der Waals surface area contributed by atoms with E-state index in [9.17, 15) is 0 Å². The van der Waals surface area contributed by atoms with E-state index in [1.54, 1.807) is 0 Å². The number of benzene rings is 1. The van der Waals surface area contributed by atoms with Crippen molar-refractivity contribution in [2.45, 2.75) is 45.7 Å². The van der Waals surface area contributed by atoms with Crippen LogP contribution in [-0.2, 0) is 19.4 Å². The Bertz CT molecular complexity index is 533. The second-order valence-corrected chi connectivity index (χ2v) is 5.22. The third-order valence-electron chi connectivity index (χ3n) is 3.67. The van der Waals surface area contributed by atoms with Crippen molar-refractivity contribution in [1.82, 2.24) is 15.0 Å². The van der Waals surface area contributed by atoms with Crippen molar-refractivity contribution in [3.05, 3.63) is 53.6 Å². The minimum Gasteiger partial charge on any atom is -0.335 e. The first-order valence-corrected chi connectivity index (χ1v) is 7.24. The van der Waals surface area contributed by atoms with Gasteiger partial charge in [0.1, 0.15) is 5.82 Å². The van der Waals surface area contributed by atoms with Crippen LogP contribution in [0.5, 0.6) is 0 Å². The molecule has 1 aromatic carbocycles. The van der Waals surface area contributed by atoms with Gasteiger partial charge in [0.2, 0.25) is 0 Å². The zero-order valence-corrected chi connectivity index (χ0v) is 12.3. The average molecular weight is 272 g/mol. The number of hydrogen-bond donors (Lipinski definition) is 2. The number of aryl methyl sites for hydroxylation is 3. The van der Waals surface area contributed by atoms with Gasteiger partial charge in [-0.15, -0.1) is 0 Å². The van der Waals surface area contributed by atoms with Gasteiger partial charge >= 0.3 is 0 Å². The number of nitrogens with zero attached hydrogens (tertiary/aromatic N) is 2. The molecule has 0 bridgehead atoms. The van der Waals surface area contributed by atoms with Gasteiger partial charge in [-0.2, -0.15) is 0 Å². The Hall–Kier alpha value is -1.65. The van der Waals surface area contributed by atoms with Gasteiger partial charge in [-0.1, -0.05) is 29.8 Å². The van der Waals surface area contributed by atoms with Crippen molar-refractivity contribution in [2.24, 2.45) is 5.84 Å². The molecule has 0 fully saturated rings. The maximum Gasteiger partial charge on any atom is 0.110 e. The number of imidazole rings is 1. The van der Waals surface area contributed by atoms with Crippen LogP contribution in [0.2, 0.25) is 0 Å². The van der Waals surface area contributed by atoms with Gasteiger partial charge in [-0.05, 0) is 32.3 Å². The molecule has 108 valence electrons. The minimum atomic E-state index is 0.253. The molecule has 0 aliphatic carbocycles. The van der Waals surface area contributed by atoms with E-state index in [4.69, 9.17) is 5.84 Å². The topological polar surface area (TPSA) is 55.9 Å². The summed E-state index contributed by atoms with van der Waals surface area (Å²) in [6.07, 6.45) is 6.78. The number of nitrogens with two attached hydrogens (primary N) is 1. The Morgan fingerprint density at radius 3 is 2.95 bits per heavy atom. The molecule has 0 aliphatic rings. The molecule has 1 heterocycles. The zero-order valence-electron chi connectivity index (χ0n) is 12.3. The molecule has 0 radical (unpaired) electrons. The van der Waals surface area contributed by atoms with Crippen LogP contribution in [0.1, 0.15) is 30.3 Å². The van der Waals surface area contributed by atoms with Crippen LogP contribution in [0.25, 0.3) is 0 Å². The molecule has 1 atom stereocenters. The highest BCUT2D eigenvalue weighted by atomic mass is 15.2. The number of aromatic nitrogens is 2. The van der Waals surface area contributed by atoms with Gasteiger partial charge in [0.15, 0.2) is 0 Å². The summed E-state index contributed by atoms with van der Waals surface area (Å²) >= 11 is 0. The highest BCUT2D eigenvalue weighted by Crippen LogP contribution is 2.10. The summed E-state index contributed by atoms with van der Waals surface area (Å²) in [6, 6.07) is 8.90. The molecular weight excluding hydrogens is 248 g/mol. The molecule has 0 aliphatic heterocycles. The number of hydrazine groups is 1. The quantitative estimate of drug-likeness (QED) is 0.600. The fourth-order valence-corrected chi connectivity index (χ4v) is 2.49. The normalized spacial score (nSPS) is 12.6. The molecule has 4 heteroatoms. The molecule has 4 nitrogen and oxygen atoms in total. The lowest BCUT2D eigenvalue weighted by Gasteiger charge is -2.16. The second-order valence-electron chi connectivity index (χ2n) is 5.22. The molecule has 1 aromatic heterocycles. The van der Waals surface area contributed by atoms with E-state index in [0.717, 1.165) is 31.6 Å². The summed E-state index contributed by atoms with van der Waals surface area (Å²) in [5.74, 6) is 6.78. The molecule has 0 amide bonds. The zero-order chi connectivity index (χ0) is 14.4. The van der Waals surface area contributed by atoms with Gasteiger partial charge in [-0.3, -0.25) is 11.3 Å². The van der Waals surface area contributed by atoms with Crippen LogP contribution in [-0.4, -0.2) is 15.6 Å². The van der Waals surface area contributed by atoms with E-state index in [1.807, 2.05) is 12.4 Å². The van der Waals surface area contributed by atoms with Crippen LogP contribution in [0.3, 0.4) is 0 Å².